The number of aliphatic hydroxyl groups is 1. The fourth-order valence-electron chi connectivity index (χ4n) is 1.90. The molecule has 0 unspecified atom stereocenters. The van der Waals surface area contributed by atoms with Crippen LogP contribution < -0.4 is 16.2 Å². The van der Waals surface area contributed by atoms with Crippen molar-refractivity contribution in [3.63, 3.8) is 0 Å². The van der Waals surface area contributed by atoms with E-state index in [2.05, 4.69) is 10.1 Å². The second-order valence-electron chi connectivity index (χ2n) is 4.92. The molecule has 1 aromatic carbocycles. The van der Waals surface area contributed by atoms with E-state index >= 15 is 0 Å². The molecule has 0 saturated carbocycles. The molecule has 1 aliphatic heterocycles. The molecule has 1 heterocycles. The highest BCUT2D eigenvalue weighted by Crippen LogP contribution is 2.21. The van der Waals surface area contributed by atoms with Crippen LogP contribution in [0.4, 0.5) is 5.69 Å². The molecule has 0 atom stereocenters. The van der Waals surface area contributed by atoms with Crippen LogP contribution in [0, 0.1) is 5.41 Å². The number of hydrogen-bond acceptors (Lipinski definition) is 7. The lowest BCUT2D eigenvalue weighted by atomic mass is 10.2. The van der Waals surface area contributed by atoms with Gasteiger partial charge in [-0.15, -0.1) is 0 Å². The van der Waals surface area contributed by atoms with Crippen molar-refractivity contribution in [1.29, 1.82) is 5.41 Å². The first-order valence-electron chi connectivity index (χ1n) is 6.84. The van der Waals surface area contributed by atoms with Crippen LogP contribution in [0.3, 0.4) is 0 Å². The number of nitrogens with zero attached hydrogens (tertiary/aromatic N) is 3. The molecule has 8 nitrogen and oxygen atoms in total. The molecule has 0 aromatic heterocycles. The van der Waals surface area contributed by atoms with E-state index in [0.717, 1.165) is 0 Å². The van der Waals surface area contributed by atoms with Crippen LogP contribution in [-0.2, 0) is 0 Å². The quantitative estimate of drug-likeness (QED) is 0.584. The van der Waals surface area contributed by atoms with Gasteiger partial charge in [-0.2, -0.15) is 5.10 Å². The third kappa shape index (κ3) is 3.48. The predicted octanol–water partition coefficient (Wildman–Crippen LogP) is 0.390. The second-order valence-corrected chi connectivity index (χ2v) is 4.92. The Morgan fingerprint density at radius 1 is 1.36 bits per heavy atom. The molecule has 0 bridgehead atoms. The van der Waals surface area contributed by atoms with Gasteiger partial charge in [-0.25, -0.2) is 10.0 Å². The largest absolute Gasteiger partial charge is 0.458 e. The summed E-state index contributed by atoms with van der Waals surface area (Å²) in [7, 11) is 0. The van der Waals surface area contributed by atoms with Gasteiger partial charge in [-0.3, -0.25) is 16.9 Å². The number of aliphatic imine (C=N–C) groups is 1. The Bertz CT molecular complexity index is 621. The zero-order valence-electron chi connectivity index (χ0n) is 12.6. The zero-order chi connectivity index (χ0) is 16.3. The number of benzene rings is 1. The Labute approximate surface area is 128 Å². The summed E-state index contributed by atoms with van der Waals surface area (Å²) < 4.78 is 5.24. The molecule has 0 saturated heterocycles. The van der Waals surface area contributed by atoms with Crippen molar-refractivity contribution >= 4 is 22.9 Å². The number of hydrogen-bond donors (Lipinski definition) is 4. The van der Waals surface area contributed by atoms with Gasteiger partial charge in [0.05, 0.1) is 11.4 Å². The fourth-order valence-corrected chi connectivity index (χ4v) is 1.90. The van der Waals surface area contributed by atoms with Crippen molar-refractivity contribution in [1.82, 2.24) is 5.01 Å². The van der Waals surface area contributed by atoms with Crippen LogP contribution in [0.15, 0.2) is 34.4 Å². The maximum atomic E-state index is 8.97. The molecule has 6 N–H and O–H groups in total. The first-order valence-corrected chi connectivity index (χ1v) is 6.84. The van der Waals surface area contributed by atoms with E-state index in [0.29, 0.717) is 29.4 Å². The van der Waals surface area contributed by atoms with Crippen LogP contribution in [0.1, 0.15) is 13.8 Å². The van der Waals surface area contributed by atoms with E-state index in [4.69, 9.17) is 26.7 Å². The number of aliphatic hydroxyl groups excluding tert-OH is 1. The maximum Gasteiger partial charge on any atom is 0.236 e. The summed E-state index contributed by atoms with van der Waals surface area (Å²) in [6, 6.07) is 6.72. The molecule has 0 amide bonds. The van der Waals surface area contributed by atoms with E-state index in [9.17, 15) is 0 Å². The zero-order valence-corrected chi connectivity index (χ0v) is 12.6. The van der Waals surface area contributed by atoms with Gasteiger partial charge in [0.15, 0.2) is 5.84 Å². The molecule has 22 heavy (non-hydrogen) atoms. The molecule has 118 valence electrons. The van der Waals surface area contributed by atoms with Gasteiger partial charge in [0.1, 0.15) is 18.1 Å². The summed E-state index contributed by atoms with van der Waals surface area (Å²) in [6.07, 6.45) is 0. The van der Waals surface area contributed by atoms with E-state index in [-0.39, 0.29) is 5.84 Å². The topological polar surface area (TPSA) is 133 Å². The van der Waals surface area contributed by atoms with Gasteiger partial charge >= 0.3 is 0 Å². The van der Waals surface area contributed by atoms with Crippen molar-refractivity contribution in [3.8, 4) is 5.75 Å². The van der Waals surface area contributed by atoms with Gasteiger partial charge in [-0.05, 0) is 38.1 Å². The average Bonchev–Trinajstić information content (AvgIpc) is 2.76. The Morgan fingerprint density at radius 3 is 2.50 bits per heavy atom. The number of nitrogens with two attached hydrogens (primary N) is 2. The lowest BCUT2D eigenvalue weighted by Crippen LogP contribution is -2.57. The monoisotopic (exact) mass is 304 g/mol. The van der Waals surface area contributed by atoms with Crippen LogP contribution in [0.2, 0.25) is 0 Å². The van der Waals surface area contributed by atoms with E-state index in [1.165, 1.54) is 0 Å². The summed E-state index contributed by atoms with van der Waals surface area (Å²) in [4.78, 5) is 4.43. The SMILES string of the molecule is CCN1N=C(C)C(=Nc2ccc(OC(N)(N)CO)cc2)C1=N. The Morgan fingerprint density at radius 2 is 2.00 bits per heavy atom. The third-order valence-electron chi connectivity index (χ3n) is 3.03. The molecule has 1 aliphatic rings. The van der Waals surface area contributed by atoms with Gasteiger partial charge in [0.2, 0.25) is 5.85 Å². The number of nitrogens with one attached hydrogen (secondary N) is 1. The minimum Gasteiger partial charge on any atom is -0.458 e. The molecule has 1 aromatic rings. The van der Waals surface area contributed by atoms with Crippen molar-refractivity contribution < 1.29 is 9.84 Å². The van der Waals surface area contributed by atoms with Crippen molar-refractivity contribution in [3.05, 3.63) is 24.3 Å². The molecule has 0 aliphatic carbocycles. The normalized spacial score (nSPS) is 17.1. The van der Waals surface area contributed by atoms with Crippen molar-refractivity contribution in [2.75, 3.05) is 13.2 Å². The molecule has 0 radical (unpaired) electrons. The van der Waals surface area contributed by atoms with Crippen LogP contribution >= 0.6 is 0 Å². The maximum absolute atomic E-state index is 8.97. The Kier molecular flexibility index (Phi) is 4.55. The van der Waals surface area contributed by atoms with Gasteiger partial charge in [0, 0.05) is 6.54 Å². The smallest absolute Gasteiger partial charge is 0.236 e. The minimum absolute atomic E-state index is 0.281. The summed E-state index contributed by atoms with van der Waals surface area (Å²) in [6.45, 7) is 3.86. The van der Waals surface area contributed by atoms with E-state index in [1.54, 1.807) is 29.3 Å². The minimum atomic E-state index is -1.62. The number of ether oxygens (including phenoxy) is 1. The highest BCUT2D eigenvalue weighted by molar-refractivity contribution is 6.69. The van der Waals surface area contributed by atoms with Crippen LogP contribution in [0.25, 0.3) is 0 Å². The average molecular weight is 304 g/mol. The Balaban J connectivity index is 2.17. The molecule has 0 spiro atoms. The first kappa shape index (κ1) is 16.1. The highest BCUT2D eigenvalue weighted by Gasteiger charge is 2.24. The van der Waals surface area contributed by atoms with Crippen LogP contribution in [-0.4, -0.2) is 46.4 Å². The fraction of sp³-hybridized carbons (Fsp3) is 0.357. The third-order valence-corrected chi connectivity index (χ3v) is 3.03. The van der Waals surface area contributed by atoms with E-state index < -0.39 is 12.5 Å². The first-order chi connectivity index (χ1) is 10.4. The standard InChI is InChI=1S/C14H20N6O2/c1-3-20-13(15)12(9(2)19-20)18-10-4-6-11(7-5-10)22-14(16,17)8-21/h4-7,15,21H,3,8,16-17H2,1-2H3. The molecular formula is C14H20N6O2. The number of hydrazone groups is 1. The predicted molar refractivity (Wildman–Crippen MR) is 85.6 cm³/mol. The molecule has 0 fully saturated rings. The summed E-state index contributed by atoms with van der Waals surface area (Å²) in [5.41, 5.74) is 12.9. The van der Waals surface area contributed by atoms with Gasteiger partial charge in [-0.1, -0.05) is 0 Å². The highest BCUT2D eigenvalue weighted by atomic mass is 16.5. The number of amidine groups is 1. The molecular weight excluding hydrogens is 284 g/mol. The second kappa shape index (κ2) is 6.22. The summed E-state index contributed by atoms with van der Waals surface area (Å²) >= 11 is 0. The van der Waals surface area contributed by atoms with Crippen LogP contribution in [0.5, 0.6) is 5.75 Å². The Hall–Kier alpha value is -2.29. The lowest BCUT2D eigenvalue weighted by molar-refractivity contribution is 0.0198. The van der Waals surface area contributed by atoms with Gasteiger partial charge < -0.3 is 9.84 Å². The van der Waals surface area contributed by atoms with Crippen molar-refractivity contribution in [2.24, 2.45) is 21.6 Å². The summed E-state index contributed by atoms with van der Waals surface area (Å²) in [5.74, 6) is -0.917. The summed E-state index contributed by atoms with van der Waals surface area (Å²) in [5, 5.41) is 22.8. The molecule has 2 rings (SSSR count). The van der Waals surface area contributed by atoms with E-state index in [1.807, 2.05) is 13.8 Å². The van der Waals surface area contributed by atoms with Crippen molar-refractivity contribution in [2.45, 2.75) is 19.7 Å². The molecule has 8 heteroatoms. The number of rotatable bonds is 5. The lowest BCUT2D eigenvalue weighted by Gasteiger charge is -2.23. The van der Waals surface area contributed by atoms with Gasteiger partial charge in [0.25, 0.3) is 0 Å².